The summed E-state index contributed by atoms with van der Waals surface area (Å²) < 4.78 is 29.0. The highest BCUT2D eigenvalue weighted by atomic mass is 35.5. The number of halogens is 3. The molecule has 2 amide bonds. The van der Waals surface area contributed by atoms with E-state index in [-0.39, 0.29) is 23.8 Å². The normalized spacial score (nSPS) is 12.5. The van der Waals surface area contributed by atoms with Crippen molar-refractivity contribution in [1.29, 1.82) is 0 Å². The maximum atomic E-state index is 14.2. The molecule has 0 aromatic heterocycles. The average molecular weight is 639 g/mol. The molecule has 0 fully saturated rings. The molecular weight excluding hydrogens is 605 g/mol. The predicted octanol–water partition coefficient (Wildman–Crippen LogP) is 6.87. The Kier molecular flexibility index (Phi) is 10.7. The smallest absolute Gasteiger partial charge is 0.264 e. The lowest BCUT2D eigenvalue weighted by Crippen LogP contribution is -2.55. The summed E-state index contributed by atoms with van der Waals surface area (Å²) in [6, 6.07) is 16.6. The van der Waals surface area contributed by atoms with Crippen LogP contribution in [0.3, 0.4) is 0 Å². The van der Waals surface area contributed by atoms with Crippen molar-refractivity contribution < 1.29 is 18.0 Å². The zero-order valence-electron chi connectivity index (χ0n) is 23.6. The Morgan fingerprint density at radius 3 is 2.10 bits per heavy atom. The first-order chi connectivity index (χ1) is 19.1. The second-order valence-corrected chi connectivity index (χ2v) is 13.8. The van der Waals surface area contributed by atoms with E-state index < -0.39 is 34.1 Å². The van der Waals surface area contributed by atoms with Gasteiger partial charge in [0.25, 0.3) is 10.0 Å². The third-order valence-corrected chi connectivity index (χ3v) is 8.92. The van der Waals surface area contributed by atoms with Gasteiger partial charge in [0, 0.05) is 27.2 Å². The Hall–Kier alpha value is -2.78. The topological polar surface area (TPSA) is 86.8 Å². The van der Waals surface area contributed by atoms with E-state index in [1.807, 2.05) is 20.8 Å². The van der Waals surface area contributed by atoms with Crippen LogP contribution in [0.5, 0.6) is 0 Å². The number of hydrogen-bond donors (Lipinski definition) is 1. The van der Waals surface area contributed by atoms with E-state index in [1.165, 1.54) is 29.2 Å². The summed E-state index contributed by atoms with van der Waals surface area (Å²) in [5.74, 6) is -0.936. The third kappa shape index (κ3) is 8.38. The van der Waals surface area contributed by atoms with Gasteiger partial charge >= 0.3 is 0 Å². The van der Waals surface area contributed by atoms with Crippen LogP contribution in [0.25, 0.3) is 0 Å². The Labute approximate surface area is 257 Å². The summed E-state index contributed by atoms with van der Waals surface area (Å²) in [7, 11) is -4.21. The maximum Gasteiger partial charge on any atom is 0.264 e. The molecule has 1 N–H and O–H groups in total. The second kappa shape index (κ2) is 13.5. The lowest BCUT2D eigenvalue weighted by molar-refractivity contribution is -0.141. The predicted molar refractivity (Wildman–Crippen MR) is 166 cm³/mol. The first-order valence-corrected chi connectivity index (χ1v) is 15.6. The van der Waals surface area contributed by atoms with Crippen LogP contribution < -0.4 is 9.62 Å². The van der Waals surface area contributed by atoms with Gasteiger partial charge in [0.15, 0.2) is 0 Å². The average Bonchev–Trinajstić information content (AvgIpc) is 2.88. The van der Waals surface area contributed by atoms with Crippen molar-refractivity contribution in [1.82, 2.24) is 10.2 Å². The van der Waals surface area contributed by atoms with Gasteiger partial charge in [-0.25, -0.2) is 8.42 Å². The fourth-order valence-corrected chi connectivity index (χ4v) is 6.37. The molecule has 0 aliphatic heterocycles. The SMILES string of the molecule is CC[C@@H](C(=O)NC(C)(C)C)N(Cc1ccc(Cl)cc1Cl)C(=O)CN(c1ccccc1C)S(=O)(=O)c1ccc(Cl)cc1. The van der Waals surface area contributed by atoms with E-state index in [0.29, 0.717) is 31.9 Å². The highest BCUT2D eigenvalue weighted by Crippen LogP contribution is 2.29. The number of aryl methyl sites for hydroxylation is 1. The highest BCUT2D eigenvalue weighted by molar-refractivity contribution is 7.92. The van der Waals surface area contributed by atoms with Gasteiger partial charge in [-0.15, -0.1) is 0 Å². The number of para-hydroxylation sites is 1. The zero-order chi connectivity index (χ0) is 30.5. The lowest BCUT2D eigenvalue weighted by atomic mass is 10.1. The van der Waals surface area contributed by atoms with Gasteiger partial charge in [0.1, 0.15) is 12.6 Å². The van der Waals surface area contributed by atoms with Crippen LogP contribution in [-0.2, 0) is 26.2 Å². The summed E-state index contributed by atoms with van der Waals surface area (Å²) in [6.45, 7) is 8.50. The minimum Gasteiger partial charge on any atom is -0.350 e. The maximum absolute atomic E-state index is 14.2. The zero-order valence-corrected chi connectivity index (χ0v) is 26.7. The number of benzene rings is 3. The number of rotatable bonds is 10. The standard InChI is InChI=1S/C30H34Cl3N3O4S/c1-6-26(29(38)34-30(3,4)5)35(18-21-11-12-23(32)17-25(21)33)28(37)19-36(27-10-8-7-9-20(27)2)41(39,40)24-15-13-22(31)14-16-24/h7-17,26H,6,18-19H2,1-5H3,(H,34,38)/t26-/m0/s1. The molecular formula is C30H34Cl3N3O4S. The second-order valence-electron chi connectivity index (χ2n) is 10.7. The van der Waals surface area contributed by atoms with Crippen molar-refractivity contribution in [2.45, 2.75) is 64.1 Å². The molecule has 1 atom stereocenters. The number of carbonyl (C=O) groups excluding carboxylic acids is 2. The number of amides is 2. The Balaban J connectivity index is 2.11. The Morgan fingerprint density at radius 2 is 1.54 bits per heavy atom. The molecule has 11 heteroatoms. The van der Waals surface area contributed by atoms with Crippen molar-refractivity contribution in [3.63, 3.8) is 0 Å². The molecule has 0 bridgehead atoms. The van der Waals surface area contributed by atoms with Gasteiger partial charge in [0.05, 0.1) is 10.6 Å². The van der Waals surface area contributed by atoms with Crippen LogP contribution in [0.4, 0.5) is 5.69 Å². The molecule has 41 heavy (non-hydrogen) atoms. The van der Waals surface area contributed by atoms with Crippen molar-refractivity contribution >= 4 is 62.3 Å². The molecule has 3 aromatic rings. The van der Waals surface area contributed by atoms with E-state index >= 15 is 0 Å². The molecule has 7 nitrogen and oxygen atoms in total. The summed E-state index contributed by atoms with van der Waals surface area (Å²) in [5.41, 5.74) is 1.01. The number of carbonyl (C=O) groups is 2. The first kappa shape index (κ1) is 32.7. The van der Waals surface area contributed by atoms with Crippen LogP contribution >= 0.6 is 34.8 Å². The van der Waals surface area contributed by atoms with E-state index in [1.54, 1.807) is 56.3 Å². The van der Waals surface area contributed by atoms with Gasteiger partial charge in [-0.2, -0.15) is 0 Å². The fourth-order valence-electron chi connectivity index (χ4n) is 4.30. The molecule has 3 aromatic carbocycles. The number of sulfonamides is 1. The lowest BCUT2D eigenvalue weighted by Gasteiger charge is -2.35. The summed E-state index contributed by atoms with van der Waals surface area (Å²) in [4.78, 5) is 28.9. The van der Waals surface area contributed by atoms with E-state index in [4.69, 9.17) is 34.8 Å². The van der Waals surface area contributed by atoms with E-state index in [0.717, 1.165) is 4.31 Å². The van der Waals surface area contributed by atoms with Crippen LogP contribution in [0, 0.1) is 6.92 Å². The number of nitrogens with zero attached hydrogens (tertiary/aromatic N) is 2. The van der Waals surface area contributed by atoms with E-state index in [9.17, 15) is 18.0 Å². The molecule has 0 saturated heterocycles. The monoisotopic (exact) mass is 637 g/mol. The van der Waals surface area contributed by atoms with Crippen molar-refractivity contribution in [2.75, 3.05) is 10.8 Å². The third-order valence-electron chi connectivity index (χ3n) is 6.30. The Bertz CT molecular complexity index is 1510. The minimum absolute atomic E-state index is 0.0252. The van der Waals surface area contributed by atoms with Crippen molar-refractivity contribution in [3.8, 4) is 0 Å². The molecule has 0 spiro atoms. The van der Waals surface area contributed by atoms with E-state index in [2.05, 4.69) is 5.32 Å². The summed E-state index contributed by atoms with van der Waals surface area (Å²) in [6.07, 6.45) is 0.285. The van der Waals surface area contributed by atoms with Gasteiger partial charge in [-0.1, -0.05) is 66.0 Å². The minimum atomic E-state index is -4.21. The highest BCUT2D eigenvalue weighted by Gasteiger charge is 2.35. The molecule has 0 radical (unpaired) electrons. The summed E-state index contributed by atoms with van der Waals surface area (Å²) >= 11 is 18.6. The number of hydrogen-bond acceptors (Lipinski definition) is 4. The summed E-state index contributed by atoms with van der Waals surface area (Å²) in [5, 5.41) is 4.07. The Morgan fingerprint density at radius 1 is 0.927 bits per heavy atom. The van der Waals surface area contributed by atoms with Crippen LogP contribution in [0.2, 0.25) is 15.1 Å². The van der Waals surface area contributed by atoms with Crippen molar-refractivity contribution in [3.05, 3.63) is 92.9 Å². The van der Waals surface area contributed by atoms with Gasteiger partial charge in [-0.05, 0) is 87.7 Å². The van der Waals surface area contributed by atoms with Gasteiger partial charge in [0.2, 0.25) is 11.8 Å². The quantitative estimate of drug-likeness (QED) is 0.263. The molecule has 0 aliphatic rings. The van der Waals surface area contributed by atoms with Crippen molar-refractivity contribution in [2.24, 2.45) is 0 Å². The molecule has 220 valence electrons. The first-order valence-electron chi connectivity index (χ1n) is 13.0. The number of nitrogens with one attached hydrogen (secondary N) is 1. The largest absolute Gasteiger partial charge is 0.350 e. The fraction of sp³-hybridized carbons (Fsp3) is 0.333. The molecule has 0 saturated carbocycles. The molecule has 0 heterocycles. The van der Waals surface area contributed by atoms with Gasteiger partial charge in [-0.3, -0.25) is 13.9 Å². The van der Waals surface area contributed by atoms with Crippen LogP contribution in [0.15, 0.2) is 71.6 Å². The van der Waals surface area contributed by atoms with Gasteiger partial charge < -0.3 is 10.2 Å². The number of anilines is 1. The molecule has 0 unspecified atom stereocenters. The molecule has 0 aliphatic carbocycles. The van der Waals surface area contributed by atoms with Crippen LogP contribution in [-0.4, -0.2) is 43.3 Å². The molecule has 3 rings (SSSR count). The van der Waals surface area contributed by atoms with Crippen LogP contribution in [0.1, 0.15) is 45.2 Å².